The van der Waals surface area contributed by atoms with Gasteiger partial charge in [-0.3, -0.25) is 14.4 Å². The average Bonchev–Trinajstić information content (AvgIpc) is 2.50. The molecule has 0 radical (unpaired) electrons. The molecule has 2 atom stereocenters. The summed E-state index contributed by atoms with van der Waals surface area (Å²) >= 11 is 0. The van der Waals surface area contributed by atoms with Crippen LogP contribution in [0.1, 0.15) is 38.2 Å². The number of benzene rings is 1. The molecular weight excluding hydrogens is 296 g/mol. The summed E-state index contributed by atoms with van der Waals surface area (Å²) in [5.74, 6) is -1.88. The van der Waals surface area contributed by atoms with Crippen molar-refractivity contribution in [1.29, 1.82) is 0 Å². The first-order valence-electron chi connectivity index (χ1n) is 7.78. The maximum absolute atomic E-state index is 12.4. The standard InChI is InChI=1S/C17H22N2O4/c1-10-6-7-14(9-15(10)18-11(2)20)19-16(21)12-4-3-5-13(8-12)17(22)23/h6-7,9,12-13H,3-5,8H2,1-2H3,(H,18,20)(H,19,21)(H,22,23). The third-order valence-corrected chi connectivity index (χ3v) is 4.21. The summed E-state index contributed by atoms with van der Waals surface area (Å²) in [6.07, 6.45) is 2.47. The highest BCUT2D eigenvalue weighted by molar-refractivity contribution is 5.95. The van der Waals surface area contributed by atoms with Gasteiger partial charge in [-0.25, -0.2) is 0 Å². The van der Waals surface area contributed by atoms with Crippen molar-refractivity contribution < 1.29 is 19.5 Å². The molecule has 23 heavy (non-hydrogen) atoms. The molecule has 0 aromatic heterocycles. The Bertz CT molecular complexity index is 627. The van der Waals surface area contributed by atoms with Crippen molar-refractivity contribution in [2.75, 3.05) is 10.6 Å². The molecular formula is C17H22N2O4. The Hall–Kier alpha value is -2.37. The molecule has 2 unspecified atom stereocenters. The lowest BCUT2D eigenvalue weighted by atomic mass is 9.81. The molecule has 6 nitrogen and oxygen atoms in total. The minimum Gasteiger partial charge on any atom is -0.481 e. The van der Waals surface area contributed by atoms with Gasteiger partial charge in [0.2, 0.25) is 11.8 Å². The summed E-state index contributed by atoms with van der Waals surface area (Å²) in [6.45, 7) is 3.30. The predicted octanol–water partition coefficient (Wildman–Crippen LogP) is 2.78. The summed E-state index contributed by atoms with van der Waals surface area (Å²) in [5, 5.41) is 14.7. The molecule has 1 aliphatic carbocycles. The summed E-state index contributed by atoms with van der Waals surface area (Å²) in [5.41, 5.74) is 2.16. The molecule has 1 fully saturated rings. The molecule has 1 aliphatic rings. The van der Waals surface area contributed by atoms with Crippen LogP contribution in [-0.2, 0) is 14.4 Å². The quantitative estimate of drug-likeness (QED) is 0.795. The number of carbonyl (C=O) groups is 3. The van der Waals surface area contributed by atoms with Gasteiger partial charge < -0.3 is 15.7 Å². The van der Waals surface area contributed by atoms with Crippen LogP contribution in [0.15, 0.2) is 18.2 Å². The van der Waals surface area contributed by atoms with Crippen molar-refractivity contribution in [3.8, 4) is 0 Å². The van der Waals surface area contributed by atoms with Crippen molar-refractivity contribution in [2.24, 2.45) is 11.8 Å². The van der Waals surface area contributed by atoms with Crippen LogP contribution in [0, 0.1) is 18.8 Å². The molecule has 0 aliphatic heterocycles. The Labute approximate surface area is 135 Å². The Kier molecular flexibility index (Phi) is 5.36. The molecule has 124 valence electrons. The van der Waals surface area contributed by atoms with Crippen LogP contribution in [0.3, 0.4) is 0 Å². The zero-order valence-electron chi connectivity index (χ0n) is 13.4. The Morgan fingerprint density at radius 1 is 1.13 bits per heavy atom. The molecule has 1 aromatic carbocycles. The van der Waals surface area contributed by atoms with E-state index in [-0.39, 0.29) is 17.7 Å². The van der Waals surface area contributed by atoms with E-state index in [1.807, 2.05) is 13.0 Å². The van der Waals surface area contributed by atoms with Crippen LogP contribution in [0.4, 0.5) is 11.4 Å². The van der Waals surface area contributed by atoms with Gasteiger partial charge in [0.05, 0.1) is 5.92 Å². The first kappa shape index (κ1) is 17.0. The second-order valence-corrected chi connectivity index (χ2v) is 6.10. The highest BCUT2D eigenvalue weighted by Gasteiger charge is 2.31. The summed E-state index contributed by atoms with van der Waals surface area (Å²) < 4.78 is 0. The SMILES string of the molecule is CC(=O)Nc1cc(NC(=O)C2CCCC(C(=O)O)C2)ccc1C. The molecule has 0 spiro atoms. The van der Waals surface area contributed by atoms with Gasteiger partial charge in [0.25, 0.3) is 0 Å². The van der Waals surface area contributed by atoms with Crippen LogP contribution < -0.4 is 10.6 Å². The molecule has 1 aromatic rings. The fourth-order valence-electron chi connectivity index (χ4n) is 2.92. The fraction of sp³-hybridized carbons (Fsp3) is 0.471. The van der Waals surface area contributed by atoms with E-state index >= 15 is 0 Å². The third-order valence-electron chi connectivity index (χ3n) is 4.21. The van der Waals surface area contributed by atoms with E-state index < -0.39 is 11.9 Å². The van der Waals surface area contributed by atoms with Gasteiger partial charge in [0.15, 0.2) is 0 Å². The minimum atomic E-state index is -0.828. The normalized spacial score (nSPS) is 20.6. The third kappa shape index (κ3) is 4.55. The monoisotopic (exact) mass is 318 g/mol. The maximum atomic E-state index is 12.4. The maximum Gasteiger partial charge on any atom is 0.306 e. The first-order chi connectivity index (χ1) is 10.9. The van der Waals surface area contributed by atoms with E-state index in [0.717, 1.165) is 12.0 Å². The Balaban J connectivity index is 2.05. The number of carboxylic acid groups (broad SMARTS) is 1. The number of hydrogen-bond donors (Lipinski definition) is 3. The highest BCUT2D eigenvalue weighted by atomic mass is 16.4. The van der Waals surface area contributed by atoms with Crippen molar-refractivity contribution in [2.45, 2.75) is 39.5 Å². The van der Waals surface area contributed by atoms with Crippen molar-refractivity contribution in [1.82, 2.24) is 0 Å². The number of rotatable bonds is 4. The second-order valence-electron chi connectivity index (χ2n) is 6.10. The van der Waals surface area contributed by atoms with Crippen LogP contribution >= 0.6 is 0 Å². The van der Waals surface area contributed by atoms with E-state index in [9.17, 15) is 14.4 Å². The summed E-state index contributed by atoms with van der Waals surface area (Å²) in [4.78, 5) is 34.6. The minimum absolute atomic E-state index is 0.159. The second kappa shape index (κ2) is 7.26. The molecule has 2 amide bonds. The van der Waals surface area contributed by atoms with E-state index in [1.165, 1.54) is 6.92 Å². The van der Waals surface area contributed by atoms with Crippen LogP contribution in [-0.4, -0.2) is 22.9 Å². The first-order valence-corrected chi connectivity index (χ1v) is 7.78. The van der Waals surface area contributed by atoms with Crippen molar-refractivity contribution >= 4 is 29.2 Å². The predicted molar refractivity (Wildman–Crippen MR) is 87.2 cm³/mol. The number of anilines is 2. The lowest BCUT2D eigenvalue weighted by molar-refractivity contribution is -0.143. The van der Waals surface area contributed by atoms with E-state index in [4.69, 9.17) is 5.11 Å². The number of carboxylic acids is 1. The molecule has 0 saturated heterocycles. The summed E-state index contributed by atoms with van der Waals surface area (Å²) in [6, 6.07) is 5.31. The van der Waals surface area contributed by atoms with Crippen LogP contribution in [0.2, 0.25) is 0 Å². The van der Waals surface area contributed by atoms with Gasteiger partial charge >= 0.3 is 5.97 Å². The van der Waals surface area contributed by atoms with Gasteiger partial charge in [0.1, 0.15) is 0 Å². The average molecular weight is 318 g/mol. The number of carbonyl (C=O) groups excluding carboxylic acids is 2. The van der Waals surface area contributed by atoms with Gasteiger partial charge in [-0.1, -0.05) is 12.5 Å². The molecule has 6 heteroatoms. The molecule has 2 rings (SSSR count). The molecule has 0 bridgehead atoms. The molecule has 1 saturated carbocycles. The van der Waals surface area contributed by atoms with Crippen molar-refractivity contribution in [3.63, 3.8) is 0 Å². The van der Waals surface area contributed by atoms with E-state index in [1.54, 1.807) is 12.1 Å². The lowest BCUT2D eigenvalue weighted by Crippen LogP contribution is -2.30. The number of nitrogens with one attached hydrogen (secondary N) is 2. The van der Waals surface area contributed by atoms with Gasteiger partial charge in [-0.05, 0) is 43.9 Å². The van der Waals surface area contributed by atoms with E-state index in [0.29, 0.717) is 30.6 Å². The van der Waals surface area contributed by atoms with Gasteiger partial charge in [-0.2, -0.15) is 0 Å². The van der Waals surface area contributed by atoms with E-state index in [2.05, 4.69) is 10.6 Å². The zero-order valence-corrected chi connectivity index (χ0v) is 13.4. The highest BCUT2D eigenvalue weighted by Crippen LogP contribution is 2.30. The zero-order chi connectivity index (χ0) is 17.0. The Morgan fingerprint density at radius 2 is 1.83 bits per heavy atom. The number of aliphatic carboxylic acids is 1. The number of aryl methyl sites for hydroxylation is 1. The van der Waals surface area contributed by atoms with Crippen LogP contribution in [0.25, 0.3) is 0 Å². The smallest absolute Gasteiger partial charge is 0.306 e. The van der Waals surface area contributed by atoms with Crippen LogP contribution in [0.5, 0.6) is 0 Å². The largest absolute Gasteiger partial charge is 0.481 e. The molecule has 0 heterocycles. The van der Waals surface area contributed by atoms with Gasteiger partial charge in [0, 0.05) is 24.2 Å². The fourth-order valence-corrected chi connectivity index (χ4v) is 2.92. The topological polar surface area (TPSA) is 95.5 Å². The number of hydrogen-bond acceptors (Lipinski definition) is 3. The lowest BCUT2D eigenvalue weighted by Gasteiger charge is -2.25. The van der Waals surface area contributed by atoms with Gasteiger partial charge in [-0.15, -0.1) is 0 Å². The molecule has 3 N–H and O–H groups in total. The number of amides is 2. The van der Waals surface area contributed by atoms with Crippen molar-refractivity contribution in [3.05, 3.63) is 23.8 Å². The summed E-state index contributed by atoms with van der Waals surface area (Å²) in [7, 11) is 0. The Morgan fingerprint density at radius 3 is 2.48 bits per heavy atom.